The van der Waals surface area contributed by atoms with Crippen LogP contribution in [0.2, 0.25) is 0 Å². The third-order valence-electron chi connectivity index (χ3n) is 1.54. The van der Waals surface area contributed by atoms with Crippen molar-refractivity contribution in [1.82, 2.24) is 0 Å². The van der Waals surface area contributed by atoms with E-state index in [0.717, 1.165) is 0 Å². The van der Waals surface area contributed by atoms with Crippen LogP contribution in [0.15, 0.2) is 24.3 Å². The van der Waals surface area contributed by atoms with Crippen LogP contribution in [0, 0.1) is 10.1 Å². The van der Waals surface area contributed by atoms with Crippen LogP contribution >= 0.6 is 0 Å². The molecule has 0 atom stereocenters. The smallest absolute Gasteiger partial charge is 0.258 e. The van der Waals surface area contributed by atoms with Gasteiger partial charge in [0.05, 0.1) is 10.7 Å². The van der Waals surface area contributed by atoms with Crippen molar-refractivity contribution in [2.24, 2.45) is 5.14 Å². The molecule has 0 heterocycles. The second-order valence-electron chi connectivity index (χ2n) is 2.69. The van der Waals surface area contributed by atoms with Gasteiger partial charge in [0.25, 0.3) is 5.69 Å². The van der Waals surface area contributed by atoms with E-state index in [1.54, 1.807) is 0 Å². The molecule has 0 fully saturated rings. The molecule has 76 valence electrons. The Morgan fingerprint density at radius 1 is 1.36 bits per heavy atom. The van der Waals surface area contributed by atoms with Crippen LogP contribution in [0.5, 0.6) is 0 Å². The number of hydrogen-bond acceptors (Lipinski definition) is 4. The van der Waals surface area contributed by atoms with E-state index in [0.29, 0.717) is 0 Å². The molecule has 0 aliphatic rings. The average Bonchev–Trinajstić information content (AvgIpc) is 2.01. The Bertz CT molecular complexity index is 455. The number of nitrogens with two attached hydrogens (primary N) is 1. The van der Waals surface area contributed by atoms with Crippen LogP contribution in [0.3, 0.4) is 0 Å². The molecule has 0 radical (unpaired) electrons. The molecule has 0 unspecified atom stereocenters. The monoisotopic (exact) mass is 216 g/mol. The standard InChI is InChI=1S/C7H8N2O4S/c8-14(12,13)5-6-3-1-2-4-7(6)9(10)11/h1-4H,5H2,(H2,8,12,13). The molecule has 0 aliphatic heterocycles. The minimum absolute atomic E-state index is 0.0972. The lowest BCUT2D eigenvalue weighted by Crippen LogP contribution is -2.15. The van der Waals surface area contributed by atoms with Crippen molar-refractivity contribution < 1.29 is 13.3 Å². The van der Waals surface area contributed by atoms with Crippen LogP contribution < -0.4 is 5.14 Å². The highest BCUT2D eigenvalue weighted by molar-refractivity contribution is 7.88. The normalized spacial score (nSPS) is 11.2. The van der Waals surface area contributed by atoms with Gasteiger partial charge in [0.1, 0.15) is 0 Å². The topological polar surface area (TPSA) is 103 Å². The molecule has 0 aromatic heterocycles. The zero-order chi connectivity index (χ0) is 10.8. The first-order valence-electron chi connectivity index (χ1n) is 3.63. The summed E-state index contributed by atoms with van der Waals surface area (Å²) >= 11 is 0. The summed E-state index contributed by atoms with van der Waals surface area (Å²) in [7, 11) is -3.74. The van der Waals surface area contributed by atoms with E-state index in [9.17, 15) is 18.5 Å². The van der Waals surface area contributed by atoms with Crippen LogP contribution in [-0.4, -0.2) is 13.3 Å². The van der Waals surface area contributed by atoms with Crippen molar-refractivity contribution in [2.75, 3.05) is 0 Å². The van der Waals surface area contributed by atoms with E-state index >= 15 is 0 Å². The summed E-state index contributed by atoms with van der Waals surface area (Å²) in [5.41, 5.74) is -0.137. The summed E-state index contributed by atoms with van der Waals surface area (Å²) in [6.07, 6.45) is 0. The van der Waals surface area contributed by atoms with Gasteiger partial charge in [-0.05, 0) is 0 Å². The lowest BCUT2D eigenvalue weighted by molar-refractivity contribution is -0.385. The number of nitro groups is 1. The number of nitro benzene ring substituents is 1. The quantitative estimate of drug-likeness (QED) is 0.582. The van der Waals surface area contributed by atoms with E-state index in [-0.39, 0.29) is 11.3 Å². The SMILES string of the molecule is NS(=O)(=O)Cc1ccccc1[N+](=O)[O-]. The van der Waals surface area contributed by atoms with E-state index in [1.807, 2.05) is 0 Å². The van der Waals surface area contributed by atoms with Gasteiger partial charge in [-0.2, -0.15) is 0 Å². The van der Waals surface area contributed by atoms with Gasteiger partial charge >= 0.3 is 0 Å². The van der Waals surface area contributed by atoms with Crippen molar-refractivity contribution >= 4 is 15.7 Å². The van der Waals surface area contributed by atoms with Gasteiger partial charge in [0.15, 0.2) is 0 Å². The number of sulfonamides is 1. The first kappa shape index (κ1) is 10.6. The van der Waals surface area contributed by atoms with Crippen molar-refractivity contribution in [1.29, 1.82) is 0 Å². The Balaban J connectivity index is 3.15. The van der Waals surface area contributed by atoms with Crippen molar-refractivity contribution in [3.63, 3.8) is 0 Å². The summed E-state index contributed by atoms with van der Waals surface area (Å²) < 4.78 is 21.5. The predicted octanol–water partition coefficient (Wildman–Crippen LogP) is 0.383. The Morgan fingerprint density at radius 3 is 2.43 bits per heavy atom. The maximum Gasteiger partial charge on any atom is 0.273 e. The summed E-state index contributed by atoms with van der Waals surface area (Å²) in [5.74, 6) is -0.524. The highest BCUT2D eigenvalue weighted by atomic mass is 32.2. The van der Waals surface area contributed by atoms with Crippen LogP contribution in [0.1, 0.15) is 5.56 Å². The van der Waals surface area contributed by atoms with Crippen molar-refractivity contribution in [2.45, 2.75) is 5.75 Å². The fourth-order valence-corrected chi connectivity index (χ4v) is 1.71. The molecule has 14 heavy (non-hydrogen) atoms. The average molecular weight is 216 g/mol. The zero-order valence-electron chi connectivity index (χ0n) is 7.08. The number of nitrogens with zero attached hydrogens (tertiary/aromatic N) is 1. The number of para-hydroxylation sites is 1. The minimum Gasteiger partial charge on any atom is -0.258 e. The minimum atomic E-state index is -3.74. The molecule has 0 amide bonds. The van der Waals surface area contributed by atoms with E-state index < -0.39 is 20.7 Å². The van der Waals surface area contributed by atoms with Crippen molar-refractivity contribution in [3.8, 4) is 0 Å². The van der Waals surface area contributed by atoms with Crippen LogP contribution in [0.25, 0.3) is 0 Å². The molecule has 0 saturated heterocycles. The highest BCUT2D eigenvalue weighted by Gasteiger charge is 2.16. The zero-order valence-corrected chi connectivity index (χ0v) is 7.90. The van der Waals surface area contributed by atoms with Gasteiger partial charge in [0.2, 0.25) is 10.0 Å². The van der Waals surface area contributed by atoms with Gasteiger partial charge in [-0.15, -0.1) is 0 Å². The molecule has 0 aliphatic carbocycles. The summed E-state index contributed by atoms with van der Waals surface area (Å²) in [6, 6.07) is 5.58. The largest absolute Gasteiger partial charge is 0.273 e. The highest BCUT2D eigenvalue weighted by Crippen LogP contribution is 2.18. The number of rotatable bonds is 3. The molecule has 0 bridgehead atoms. The lowest BCUT2D eigenvalue weighted by atomic mass is 10.2. The van der Waals surface area contributed by atoms with Gasteiger partial charge in [0, 0.05) is 11.6 Å². The molecular formula is C7H8N2O4S. The number of hydrogen-bond donors (Lipinski definition) is 1. The maximum atomic E-state index is 10.7. The second-order valence-corrected chi connectivity index (χ2v) is 4.31. The number of primary sulfonamides is 1. The third kappa shape index (κ3) is 2.79. The Morgan fingerprint density at radius 2 is 1.93 bits per heavy atom. The molecule has 1 rings (SSSR count). The van der Waals surface area contributed by atoms with Gasteiger partial charge in [-0.1, -0.05) is 18.2 Å². The molecular weight excluding hydrogens is 208 g/mol. The van der Waals surface area contributed by atoms with E-state index in [2.05, 4.69) is 0 Å². The van der Waals surface area contributed by atoms with Crippen LogP contribution in [-0.2, 0) is 15.8 Å². The second kappa shape index (κ2) is 3.72. The van der Waals surface area contributed by atoms with Gasteiger partial charge in [-0.25, -0.2) is 13.6 Å². The molecule has 0 spiro atoms. The first-order valence-corrected chi connectivity index (χ1v) is 5.34. The molecule has 0 saturated carbocycles. The summed E-state index contributed by atoms with van der Waals surface area (Å²) in [4.78, 5) is 9.84. The third-order valence-corrected chi connectivity index (χ3v) is 2.26. The maximum absolute atomic E-state index is 10.7. The van der Waals surface area contributed by atoms with Crippen molar-refractivity contribution in [3.05, 3.63) is 39.9 Å². The first-order chi connectivity index (χ1) is 6.40. The molecule has 1 aromatic carbocycles. The number of benzene rings is 1. The fraction of sp³-hybridized carbons (Fsp3) is 0.143. The Kier molecular flexibility index (Phi) is 2.82. The van der Waals surface area contributed by atoms with E-state index in [1.165, 1.54) is 24.3 Å². The van der Waals surface area contributed by atoms with Crippen LogP contribution in [0.4, 0.5) is 5.69 Å². The molecule has 6 nitrogen and oxygen atoms in total. The Hall–Kier alpha value is -1.47. The van der Waals surface area contributed by atoms with E-state index in [4.69, 9.17) is 5.14 Å². The van der Waals surface area contributed by atoms with Gasteiger partial charge < -0.3 is 0 Å². The Labute approximate surface area is 80.5 Å². The molecule has 1 aromatic rings. The fourth-order valence-electron chi connectivity index (χ4n) is 1.03. The molecule has 2 N–H and O–H groups in total. The predicted molar refractivity (Wildman–Crippen MR) is 49.9 cm³/mol. The molecule has 7 heteroatoms. The summed E-state index contributed by atoms with van der Waals surface area (Å²) in [5, 5.41) is 15.3. The van der Waals surface area contributed by atoms with Gasteiger partial charge in [-0.3, -0.25) is 10.1 Å². The lowest BCUT2D eigenvalue weighted by Gasteiger charge is -1.99. The summed E-state index contributed by atoms with van der Waals surface area (Å²) in [6.45, 7) is 0.